The first-order chi connectivity index (χ1) is 8.78. The van der Waals surface area contributed by atoms with Crippen LogP contribution >= 0.6 is 0 Å². The Morgan fingerprint density at radius 1 is 1.17 bits per heavy atom. The zero-order valence-corrected chi connectivity index (χ0v) is 9.87. The van der Waals surface area contributed by atoms with Crippen molar-refractivity contribution in [3.8, 4) is 11.4 Å². The molecule has 2 aromatic heterocycles. The lowest BCUT2D eigenvalue weighted by atomic mass is 10.1. The highest BCUT2D eigenvalue weighted by Gasteiger charge is 2.08. The van der Waals surface area contributed by atoms with Crippen LogP contribution in [0.3, 0.4) is 0 Å². The van der Waals surface area contributed by atoms with E-state index in [1.165, 1.54) is 5.56 Å². The zero-order valence-electron chi connectivity index (χ0n) is 9.87. The summed E-state index contributed by atoms with van der Waals surface area (Å²) in [5.74, 6) is 0.629. The van der Waals surface area contributed by atoms with Crippen LogP contribution in [0.5, 0.6) is 0 Å². The summed E-state index contributed by atoms with van der Waals surface area (Å²) >= 11 is 0. The fourth-order valence-corrected chi connectivity index (χ4v) is 1.84. The first-order valence-electron chi connectivity index (χ1n) is 5.65. The minimum Gasteiger partial charge on any atom is -0.298 e. The van der Waals surface area contributed by atoms with Crippen LogP contribution in [-0.2, 0) is 0 Å². The predicted molar refractivity (Wildman–Crippen MR) is 68.5 cm³/mol. The number of carbonyl (C=O) groups excluding carboxylic acids is 1. The normalized spacial score (nSPS) is 10.7. The second-order valence-corrected chi connectivity index (χ2v) is 4.15. The fourth-order valence-electron chi connectivity index (χ4n) is 1.84. The van der Waals surface area contributed by atoms with Crippen molar-refractivity contribution in [1.29, 1.82) is 0 Å². The van der Waals surface area contributed by atoms with E-state index < -0.39 is 0 Å². The number of hydrogen-bond acceptors (Lipinski definition) is 3. The molecule has 0 saturated carbocycles. The molecule has 0 atom stereocenters. The average molecular weight is 237 g/mol. The predicted octanol–water partition coefficient (Wildman–Crippen LogP) is 2.52. The van der Waals surface area contributed by atoms with E-state index in [0.29, 0.717) is 17.0 Å². The van der Waals surface area contributed by atoms with Crippen LogP contribution in [0.2, 0.25) is 0 Å². The molecule has 0 N–H and O–H groups in total. The number of fused-ring (bicyclic) bond motifs is 1. The number of carbonyl (C=O) groups is 1. The molecule has 0 amide bonds. The standard InChI is InChI=1S/C14H11N3O/c1-10-4-6-11(7-5-10)13-15-14-12(9-18)3-2-8-17(14)16-13/h2-9H,1H3. The molecule has 18 heavy (non-hydrogen) atoms. The van der Waals surface area contributed by atoms with E-state index in [0.717, 1.165) is 11.8 Å². The molecule has 88 valence electrons. The van der Waals surface area contributed by atoms with Crippen LogP contribution in [0.4, 0.5) is 0 Å². The van der Waals surface area contributed by atoms with Crippen LogP contribution < -0.4 is 0 Å². The molecule has 4 nitrogen and oxygen atoms in total. The highest BCUT2D eigenvalue weighted by Crippen LogP contribution is 2.17. The summed E-state index contributed by atoms with van der Waals surface area (Å²) in [6.07, 6.45) is 2.58. The molecule has 0 unspecified atom stereocenters. The Morgan fingerprint density at radius 3 is 2.67 bits per heavy atom. The molecule has 2 heterocycles. The number of hydrogen-bond donors (Lipinski definition) is 0. The summed E-state index contributed by atoms with van der Waals surface area (Å²) in [7, 11) is 0. The van der Waals surface area contributed by atoms with Crippen molar-refractivity contribution in [3.05, 3.63) is 53.7 Å². The van der Waals surface area contributed by atoms with E-state index in [9.17, 15) is 4.79 Å². The Morgan fingerprint density at radius 2 is 1.94 bits per heavy atom. The van der Waals surface area contributed by atoms with E-state index in [2.05, 4.69) is 10.1 Å². The number of nitrogens with zero attached hydrogens (tertiary/aromatic N) is 3. The Bertz CT molecular complexity index is 713. The smallest absolute Gasteiger partial charge is 0.182 e. The fraction of sp³-hybridized carbons (Fsp3) is 0.0714. The average Bonchev–Trinajstić information content (AvgIpc) is 2.83. The van der Waals surface area contributed by atoms with Gasteiger partial charge in [0.2, 0.25) is 0 Å². The minimum absolute atomic E-state index is 0.545. The topological polar surface area (TPSA) is 47.3 Å². The van der Waals surface area contributed by atoms with E-state index in [4.69, 9.17) is 0 Å². The number of aromatic nitrogens is 3. The van der Waals surface area contributed by atoms with Crippen molar-refractivity contribution < 1.29 is 4.79 Å². The van der Waals surface area contributed by atoms with Gasteiger partial charge in [-0.15, -0.1) is 5.10 Å². The van der Waals surface area contributed by atoms with Crippen molar-refractivity contribution in [2.24, 2.45) is 0 Å². The van der Waals surface area contributed by atoms with Crippen LogP contribution in [0.1, 0.15) is 15.9 Å². The Balaban J connectivity index is 2.19. The molecular weight excluding hydrogens is 226 g/mol. The molecule has 4 heteroatoms. The number of aryl methyl sites for hydroxylation is 1. The van der Waals surface area contributed by atoms with Crippen molar-refractivity contribution in [1.82, 2.24) is 14.6 Å². The SMILES string of the molecule is Cc1ccc(-c2nc3c(C=O)cccn3n2)cc1. The van der Waals surface area contributed by atoms with Gasteiger partial charge in [0.25, 0.3) is 0 Å². The van der Waals surface area contributed by atoms with E-state index in [1.54, 1.807) is 22.8 Å². The van der Waals surface area contributed by atoms with Gasteiger partial charge in [0, 0.05) is 11.8 Å². The van der Waals surface area contributed by atoms with Crippen LogP contribution in [0.15, 0.2) is 42.6 Å². The molecule has 0 spiro atoms. The van der Waals surface area contributed by atoms with Crippen LogP contribution in [-0.4, -0.2) is 20.9 Å². The Labute approximate surface area is 104 Å². The van der Waals surface area contributed by atoms with E-state index >= 15 is 0 Å². The molecule has 0 aliphatic heterocycles. The number of benzene rings is 1. The third-order valence-corrected chi connectivity index (χ3v) is 2.83. The lowest BCUT2D eigenvalue weighted by Gasteiger charge is -1.94. The molecule has 0 aliphatic rings. The first kappa shape index (κ1) is 10.7. The van der Waals surface area contributed by atoms with Crippen molar-refractivity contribution in [2.45, 2.75) is 6.92 Å². The van der Waals surface area contributed by atoms with Gasteiger partial charge >= 0.3 is 0 Å². The molecule has 0 aliphatic carbocycles. The zero-order chi connectivity index (χ0) is 12.5. The maximum absolute atomic E-state index is 10.9. The van der Waals surface area contributed by atoms with E-state index in [-0.39, 0.29) is 0 Å². The van der Waals surface area contributed by atoms with Gasteiger partial charge in [0.05, 0.1) is 5.56 Å². The number of pyridine rings is 1. The van der Waals surface area contributed by atoms with Gasteiger partial charge in [0.15, 0.2) is 17.8 Å². The van der Waals surface area contributed by atoms with Crippen molar-refractivity contribution >= 4 is 11.9 Å². The van der Waals surface area contributed by atoms with Gasteiger partial charge in [-0.3, -0.25) is 4.79 Å². The van der Waals surface area contributed by atoms with Crippen LogP contribution in [0, 0.1) is 6.92 Å². The minimum atomic E-state index is 0.545. The molecule has 1 aromatic carbocycles. The van der Waals surface area contributed by atoms with Gasteiger partial charge in [-0.2, -0.15) is 0 Å². The maximum atomic E-state index is 10.9. The van der Waals surface area contributed by atoms with Gasteiger partial charge in [-0.25, -0.2) is 9.50 Å². The molecule has 0 bridgehead atoms. The highest BCUT2D eigenvalue weighted by atomic mass is 16.1. The monoisotopic (exact) mass is 237 g/mol. The van der Waals surface area contributed by atoms with Crippen LogP contribution in [0.25, 0.3) is 17.0 Å². The molecule has 3 aromatic rings. The molecule has 0 fully saturated rings. The number of rotatable bonds is 2. The van der Waals surface area contributed by atoms with Gasteiger partial charge in [0.1, 0.15) is 0 Å². The largest absolute Gasteiger partial charge is 0.298 e. The van der Waals surface area contributed by atoms with Gasteiger partial charge in [-0.05, 0) is 19.1 Å². The van der Waals surface area contributed by atoms with Crippen molar-refractivity contribution in [2.75, 3.05) is 0 Å². The molecule has 0 saturated heterocycles. The molecule has 0 radical (unpaired) electrons. The first-order valence-corrected chi connectivity index (χ1v) is 5.65. The third kappa shape index (κ3) is 1.68. The molecular formula is C14H11N3O. The second kappa shape index (κ2) is 4.07. The summed E-state index contributed by atoms with van der Waals surface area (Å²) < 4.78 is 1.62. The second-order valence-electron chi connectivity index (χ2n) is 4.15. The third-order valence-electron chi connectivity index (χ3n) is 2.83. The Kier molecular flexibility index (Phi) is 2.41. The summed E-state index contributed by atoms with van der Waals surface area (Å²) in [5, 5.41) is 4.37. The van der Waals surface area contributed by atoms with E-state index in [1.807, 2.05) is 31.2 Å². The summed E-state index contributed by atoms with van der Waals surface area (Å²) in [6.45, 7) is 2.03. The van der Waals surface area contributed by atoms with Crippen molar-refractivity contribution in [3.63, 3.8) is 0 Å². The van der Waals surface area contributed by atoms with Gasteiger partial charge in [-0.1, -0.05) is 29.8 Å². The summed E-state index contributed by atoms with van der Waals surface area (Å²) in [4.78, 5) is 15.3. The lowest BCUT2D eigenvalue weighted by molar-refractivity contribution is 0.112. The maximum Gasteiger partial charge on any atom is 0.182 e. The summed E-state index contributed by atoms with van der Waals surface area (Å²) in [6, 6.07) is 11.5. The highest BCUT2D eigenvalue weighted by molar-refractivity contribution is 5.84. The Hall–Kier alpha value is -2.49. The molecule has 3 rings (SSSR count). The number of aldehydes is 1. The van der Waals surface area contributed by atoms with Gasteiger partial charge < -0.3 is 0 Å². The summed E-state index contributed by atoms with van der Waals surface area (Å²) in [5.41, 5.74) is 3.27. The quantitative estimate of drug-likeness (QED) is 0.643. The lowest BCUT2D eigenvalue weighted by Crippen LogP contribution is -1.90.